The first kappa shape index (κ1) is 11.5. The van der Waals surface area contributed by atoms with E-state index in [0.29, 0.717) is 5.92 Å². The van der Waals surface area contributed by atoms with Gasteiger partial charge in [0, 0.05) is 12.6 Å². The smallest absolute Gasteiger partial charge is 0.221 e. The van der Waals surface area contributed by atoms with Crippen LogP contribution in [0.2, 0.25) is 0 Å². The minimum atomic E-state index is -0.0413. The fraction of sp³-hybridized carbons (Fsp3) is 0.308. The van der Waals surface area contributed by atoms with Crippen LogP contribution in [0.15, 0.2) is 30.3 Å². The first-order valence-electron chi connectivity index (χ1n) is 5.14. The van der Waals surface area contributed by atoms with Crippen LogP contribution in [0.3, 0.4) is 0 Å². The average Bonchev–Trinajstić information content (AvgIpc) is 2.15. The second-order valence-electron chi connectivity index (χ2n) is 3.87. The third-order valence-corrected chi connectivity index (χ3v) is 1.93. The van der Waals surface area contributed by atoms with E-state index in [9.17, 15) is 4.79 Å². The summed E-state index contributed by atoms with van der Waals surface area (Å²) in [7, 11) is 0. The minimum Gasteiger partial charge on any atom is -0.326 e. The van der Waals surface area contributed by atoms with E-state index in [1.165, 1.54) is 6.92 Å². The molecular formula is C13H17NO. The van der Waals surface area contributed by atoms with Crippen molar-refractivity contribution in [2.24, 2.45) is 5.92 Å². The summed E-state index contributed by atoms with van der Waals surface area (Å²) in [4.78, 5) is 11.0. The molecule has 1 rings (SSSR count). The van der Waals surface area contributed by atoms with Crippen LogP contribution in [0.4, 0.5) is 5.69 Å². The van der Waals surface area contributed by atoms with Crippen LogP contribution in [-0.2, 0) is 4.79 Å². The SMILES string of the molecule is CC(=O)Nc1ccccc1/C=C/C(C)C. The number of allylic oxidation sites excluding steroid dienone is 1. The molecule has 0 aliphatic heterocycles. The second-order valence-corrected chi connectivity index (χ2v) is 3.87. The summed E-state index contributed by atoms with van der Waals surface area (Å²) < 4.78 is 0. The molecule has 0 aliphatic rings. The topological polar surface area (TPSA) is 29.1 Å². The molecular weight excluding hydrogens is 186 g/mol. The van der Waals surface area contributed by atoms with Crippen molar-refractivity contribution < 1.29 is 4.79 Å². The number of para-hydroxylation sites is 1. The largest absolute Gasteiger partial charge is 0.326 e. The van der Waals surface area contributed by atoms with Gasteiger partial charge in [-0.15, -0.1) is 0 Å². The van der Waals surface area contributed by atoms with Gasteiger partial charge in [0.2, 0.25) is 5.91 Å². The molecule has 80 valence electrons. The third kappa shape index (κ3) is 3.98. The molecule has 1 aromatic carbocycles. The van der Waals surface area contributed by atoms with Gasteiger partial charge >= 0.3 is 0 Å². The average molecular weight is 203 g/mol. The lowest BCUT2D eigenvalue weighted by atomic mass is 10.1. The highest BCUT2D eigenvalue weighted by Gasteiger charge is 1.99. The van der Waals surface area contributed by atoms with Gasteiger partial charge < -0.3 is 5.32 Å². The van der Waals surface area contributed by atoms with E-state index in [1.54, 1.807) is 0 Å². The summed E-state index contributed by atoms with van der Waals surface area (Å²) in [6.45, 7) is 5.76. The van der Waals surface area contributed by atoms with E-state index >= 15 is 0 Å². The van der Waals surface area contributed by atoms with Crippen LogP contribution in [0.25, 0.3) is 6.08 Å². The molecule has 0 aliphatic carbocycles. The molecule has 0 spiro atoms. The summed E-state index contributed by atoms with van der Waals surface area (Å²) in [5.41, 5.74) is 1.91. The lowest BCUT2D eigenvalue weighted by molar-refractivity contribution is -0.114. The zero-order chi connectivity index (χ0) is 11.3. The summed E-state index contributed by atoms with van der Waals surface area (Å²) >= 11 is 0. The van der Waals surface area contributed by atoms with Crippen LogP contribution >= 0.6 is 0 Å². The maximum Gasteiger partial charge on any atom is 0.221 e. The Balaban J connectivity index is 2.91. The van der Waals surface area contributed by atoms with Crippen molar-refractivity contribution in [3.05, 3.63) is 35.9 Å². The Labute approximate surface area is 91.0 Å². The van der Waals surface area contributed by atoms with Gasteiger partial charge in [-0.25, -0.2) is 0 Å². The van der Waals surface area contributed by atoms with Crippen LogP contribution < -0.4 is 5.32 Å². The number of nitrogens with one attached hydrogen (secondary N) is 1. The van der Waals surface area contributed by atoms with Crippen molar-refractivity contribution >= 4 is 17.7 Å². The normalized spacial score (nSPS) is 10.9. The van der Waals surface area contributed by atoms with E-state index in [1.807, 2.05) is 30.3 Å². The van der Waals surface area contributed by atoms with E-state index in [2.05, 4.69) is 25.2 Å². The number of benzene rings is 1. The lowest BCUT2D eigenvalue weighted by Crippen LogP contribution is -2.06. The summed E-state index contributed by atoms with van der Waals surface area (Å²) in [5, 5.41) is 2.81. The molecule has 0 atom stereocenters. The Hall–Kier alpha value is -1.57. The first-order valence-corrected chi connectivity index (χ1v) is 5.14. The van der Waals surface area contributed by atoms with Crippen molar-refractivity contribution in [3.63, 3.8) is 0 Å². The molecule has 0 radical (unpaired) electrons. The molecule has 2 heteroatoms. The van der Waals surface area contributed by atoms with Crippen molar-refractivity contribution in [1.29, 1.82) is 0 Å². The summed E-state index contributed by atoms with van der Waals surface area (Å²) in [6.07, 6.45) is 4.15. The summed E-state index contributed by atoms with van der Waals surface area (Å²) in [5.74, 6) is 0.468. The fourth-order valence-electron chi connectivity index (χ4n) is 1.24. The maximum absolute atomic E-state index is 11.0. The maximum atomic E-state index is 11.0. The predicted molar refractivity (Wildman–Crippen MR) is 64.6 cm³/mol. The Morgan fingerprint density at radius 1 is 1.33 bits per heavy atom. The monoisotopic (exact) mass is 203 g/mol. The standard InChI is InChI=1S/C13H17NO/c1-10(2)8-9-12-6-4-5-7-13(12)14-11(3)15/h4-10H,1-3H3,(H,14,15)/b9-8+. The molecule has 0 saturated heterocycles. The Bertz CT molecular complexity index is 367. The van der Waals surface area contributed by atoms with Crippen LogP contribution in [-0.4, -0.2) is 5.91 Å². The quantitative estimate of drug-likeness (QED) is 0.802. The van der Waals surface area contributed by atoms with Gasteiger partial charge in [-0.3, -0.25) is 4.79 Å². The summed E-state index contributed by atoms with van der Waals surface area (Å²) in [6, 6.07) is 7.77. The molecule has 2 nitrogen and oxygen atoms in total. The lowest BCUT2D eigenvalue weighted by Gasteiger charge is -2.06. The Kier molecular flexibility index (Phi) is 4.10. The predicted octanol–water partition coefficient (Wildman–Crippen LogP) is 3.31. The number of carbonyl (C=O) groups is 1. The number of rotatable bonds is 3. The zero-order valence-corrected chi connectivity index (χ0v) is 9.45. The van der Waals surface area contributed by atoms with E-state index < -0.39 is 0 Å². The molecule has 0 bridgehead atoms. The van der Waals surface area contributed by atoms with Gasteiger partial charge in [-0.2, -0.15) is 0 Å². The van der Waals surface area contributed by atoms with Crippen LogP contribution in [0, 0.1) is 5.92 Å². The number of carbonyl (C=O) groups excluding carboxylic acids is 1. The molecule has 15 heavy (non-hydrogen) atoms. The highest BCUT2D eigenvalue weighted by atomic mass is 16.1. The third-order valence-electron chi connectivity index (χ3n) is 1.93. The van der Waals surface area contributed by atoms with Crippen LogP contribution in [0.1, 0.15) is 26.3 Å². The second kappa shape index (κ2) is 5.35. The number of hydrogen-bond acceptors (Lipinski definition) is 1. The Morgan fingerprint density at radius 3 is 2.60 bits per heavy atom. The molecule has 1 aromatic rings. The van der Waals surface area contributed by atoms with Gasteiger partial charge in [-0.1, -0.05) is 44.2 Å². The molecule has 1 amide bonds. The van der Waals surface area contributed by atoms with Gasteiger partial charge in [-0.05, 0) is 17.5 Å². The molecule has 0 saturated carbocycles. The van der Waals surface area contributed by atoms with E-state index in [-0.39, 0.29) is 5.91 Å². The van der Waals surface area contributed by atoms with Crippen molar-refractivity contribution in [3.8, 4) is 0 Å². The molecule has 1 N–H and O–H groups in total. The molecule has 0 fully saturated rings. The van der Waals surface area contributed by atoms with E-state index in [4.69, 9.17) is 0 Å². The molecule has 0 unspecified atom stereocenters. The van der Waals surface area contributed by atoms with Gasteiger partial charge in [0.05, 0.1) is 0 Å². The number of hydrogen-bond donors (Lipinski definition) is 1. The highest BCUT2D eigenvalue weighted by Crippen LogP contribution is 2.17. The van der Waals surface area contributed by atoms with Crippen LogP contribution in [0.5, 0.6) is 0 Å². The number of anilines is 1. The fourth-order valence-corrected chi connectivity index (χ4v) is 1.24. The zero-order valence-electron chi connectivity index (χ0n) is 9.45. The van der Waals surface area contributed by atoms with Gasteiger partial charge in [0.15, 0.2) is 0 Å². The molecule has 0 heterocycles. The minimum absolute atomic E-state index is 0.0413. The molecule has 0 aromatic heterocycles. The first-order chi connectivity index (χ1) is 7.09. The number of amides is 1. The van der Waals surface area contributed by atoms with Gasteiger partial charge in [0.1, 0.15) is 0 Å². The van der Waals surface area contributed by atoms with Gasteiger partial charge in [0.25, 0.3) is 0 Å². The van der Waals surface area contributed by atoms with Crippen molar-refractivity contribution in [2.45, 2.75) is 20.8 Å². The van der Waals surface area contributed by atoms with Crippen molar-refractivity contribution in [2.75, 3.05) is 5.32 Å². The van der Waals surface area contributed by atoms with E-state index in [0.717, 1.165) is 11.3 Å². The van der Waals surface area contributed by atoms with Crippen molar-refractivity contribution in [1.82, 2.24) is 0 Å². The highest BCUT2D eigenvalue weighted by molar-refractivity contribution is 5.91. The Morgan fingerprint density at radius 2 is 2.00 bits per heavy atom.